The number of hydrogen-bond donors (Lipinski definition) is 0. The molecule has 0 aliphatic heterocycles. The van der Waals surface area contributed by atoms with Gasteiger partial charge in [-0.05, 0) is 0 Å². The Kier molecular flexibility index (Phi) is 1180. The first-order chi connectivity index (χ1) is 1.00. The van der Waals surface area contributed by atoms with E-state index in [-0.39, 0.29) is 16.4 Å². The van der Waals surface area contributed by atoms with Crippen molar-refractivity contribution in [1.29, 1.82) is 0 Å². The van der Waals surface area contributed by atoms with Crippen molar-refractivity contribution < 1.29 is 31.5 Å². The van der Waals surface area contributed by atoms with E-state index in [2.05, 4.69) is 25.2 Å². The van der Waals surface area contributed by atoms with Crippen molar-refractivity contribution in [2.75, 3.05) is 0 Å². The predicted octanol–water partition coefficient (Wildman–Crippen LogP) is -1.79. The first kappa shape index (κ1) is 43.8. The Labute approximate surface area is 42.3 Å². The first-order valence-electron chi connectivity index (χ1n) is 0.114. The second-order valence-corrected chi connectivity index (χ2v) is 0. The molecule has 0 aliphatic rings. The second-order valence-electron chi connectivity index (χ2n) is 0. The molecule has 5 heteroatoms. The van der Waals surface area contributed by atoms with Gasteiger partial charge in [0.1, 0.15) is 0 Å². The van der Waals surface area contributed by atoms with E-state index in [1.165, 1.54) is 0 Å². The van der Waals surface area contributed by atoms with Crippen LogP contribution >= 0.6 is 10.1 Å². The Morgan fingerprint density at radius 2 is 0.800 bits per heavy atom. The van der Waals surface area contributed by atoms with E-state index in [1.54, 1.807) is 0 Å². The fourth-order valence-corrected chi connectivity index (χ4v) is 0. The van der Waals surface area contributed by atoms with E-state index in [1.807, 2.05) is 0 Å². The molecular formula is H6ClCuO3. The van der Waals surface area contributed by atoms with Gasteiger partial charge in [-0.3, -0.25) is 0 Å². The van der Waals surface area contributed by atoms with Crippen LogP contribution in [0.2, 0.25) is 0 Å². The molecule has 5 heavy (non-hydrogen) atoms. The van der Waals surface area contributed by atoms with Gasteiger partial charge >= 0.3 is 25.2 Å². The summed E-state index contributed by atoms with van der Waals surface area (Å²) in [6.07, 6.45) is 0. The summed E-state index contributed by atoms with van der Waals surface area (Å²) in [5.74, 6) is 0. The predicted molar refractivity (Wildman–Crippen MR) is 16.7 cm³/mol. The van der Waals surface area contributed by atoms with Crippen LogP contribution in [0, 0.1) is 0 Å². The molecule has 0 rings (SSSR count). The van der Waals surface area contributed by atoms with Gasteiger partial charge in [-0.2, -0.15) is 0 Å². The summed E-state index contributed by atoms with van der Waals surface area (Å²) >= 11 is 3.66. The van der Waals surface area contributed by atoms with Crippen molar-refractivity contribution in [3.05, 3.63) is 0 Å². The fourth-order valence-electron chi connectivity index (χ4n) is 0. The molecule has 6 N–H and O–H groups in total. The Morgan fingerprint density at radius 1 is 0.800 bits per heavy atom. The molecule has 0 radical (unpaired) electrons. The van der Waals surface area contributed by atoms with E-state index in [0.717, 1.165) is 0 Å². The second kappa shape index (κ2) is 134. The molecule has 0 aromatic rings. The molecule has 0 aliphatic carbocycles. The summed E-state index contributed by atoms with van der Waals surface area (Å²) in [7, 11) is 4.20. The van der Waals surface area contributed by atoms with Gasteiger partial charge < -0.3 is 16.4 Å². The van der Waals surface area contributed by atoms with Crippen LogP contribution in [0.4, 0.5) is 0 Å². The molecule has 3 nitrogen and oxygen atoms in total. The van der Waals surface area contributed by atoms with Gasteiger partial charge in [0, 0.05) is 0 Å². The zero-order valence-electron chi connectivity index (χ0n) is 2.18. The fraction of sp³-hybridized carbons (Fsp3) is 0. The van der Waals surface area contributed by atoms with Crippen molar-refractivity contribution >= 4 is 10.1 Å². The molecule has 0 aromatic carbocycles. The molecule has 0 saturated carbocycles. The third-order valence-electron chi connectivity index (χ3n) is 0. The molecule has 42 valence electrons. The quantitative estimate of drug-likeness (QED) is 0.367. The van der Waals surface area contributed by atoms with Crippen molar-refractivity contribution in [2.24, 2.45) is 0 Å². The van der Waals surface area contributed by atoms with E-state index >= 15 is 0 Å². The molecule has 0 bridgehead atoms. The van der Waals surface area contributed by atoms with Crippen molar-refractivity contribution in [1.82, 2.24) is 0 Å². The first-order valence-corrected chi connectivity index (χ1v) is 1.41. The van der Waals surface area contributed by atoms with Crippen LogP contribution < -0.4 is 0 Å². The molecule has 0 amide bonds. The molecule has 0 saturated heterocycles. The minimum absolute atomic E-state index is 0. The van der Waals surface area contributed by atoms with Crippen molar-refractivity contribution in [3.63, 3.8) is 0 Å². The third kappa shape index (κ3) is 71.4. The number of rotatable bonds is 0. The summed E-state index contributed by atoms with van der Waals surface area (Å²) in [4.78, 5) is 0. The van der Waals surface area contributed by atoms with Crippen LogP contribution in [0.5, 0.6) is 0 Å². The van der Waals surface area contributed by atoms with Crippen LogP contribution in [0.25, 0.3) is 0 Å². The molecule has 0 unspecified atom stereocenters. The van der Waals surface area contributed by atoms with Gasteiger partial charge in [0.05, 0.1) is 0 Å². The van der Waals surface area contributed by atoms with Crippen LogP contribution in [0.3, 0.4) is 0 Å². The summed E-state index contributed by atoms with van der Waals surface area (Å²) < 4.78 is 0. The Hall–Kier alpha value is 0.689. The average molecular weight is 153 g/mol. The standard InChI is InChI=1S/ClH.Cu.3H2O/h1H;;3*1H2/q;+1;;;/p-1. The molecule has 0 atom stereocenters. The van der Waals surface area contributed by atoms with E-state index in [0.29, 0.717) is 0 Å². The molecule has 0 aromatic heterocycles. The monoisotopic (exact) mass is 152 g/mol. The third-order valence-corrected chi connectivity index (χ3v) is 0. The van der Waals surface area contributed by atoms with Gasteiger partial charge in [-0.1, -0.05) is 0 Å². The summed E-state index contributed by atoms with van der Waals surface area (Å²) in [6.45, 7) is 0. The van der Waals surface area contributed by atoms with Crippen LogP contribution in [0.1, 0.15) is 0 Å². The summed E-state index contributed by atoms with van der Waals surface area (Å²) in [5, 5.41) is 0. The normalized spacial score (nSPS) is 1.40. The summed E-state index contributed by atoms with van der Waals surface area (Å²) in [6, 6.07) is 0. The van der Waals surface area contributed by atoms with Gasteiger partial charge in [0.15, 0.2) is 0 Å². The van der Waals surface area contributed by atoms with Gasteiger partial charge in [-0.25, -0.2) is 0 Å². The average Bonchev–Trinajstić information content (AvgIpc) is 1.00. The minimum atomic E-state index is 0. The van der Waals surface area contributed by atoms with Crippen LogP contribution in [0.15, 0.2) is 0 Å². The number of halogens is 1. The number of hydrogen-bond acceptors (Lipinski definition) is 0. The van der Waals surface area contributed by atoms with Crippen LogP contribution in [-0.4, -0.2) is 16.4 Å². The SMILES string of the molecule is O.O.O.[Cl][Cu]. The summed E-state index contributed by atoms with van der Waals surface area (Å²) in [5.41, 5.74) is 0. The van der Waals surface area contributed by atoms with Gasteiger partial charge in [-0.15, -0.1) is 0 Å². The zero-order chi connectivity index (χ0) is 2.00. The topological polar surface area (TPSA) is 94.5 Å². The van der Waals surface area contributed by atoms with Gasteiger partial charge in [0.2, 0.25) is 0 Å². The van der Waals surface area contributed by atoms with Gasteiger partial charge in [0.25, 0.3) is 0 Å². The molecule has 0 spiro atoms. The van der Waals surface area contributed by atoms with Crippen LogP contribution in [-0.2, 0) is 15.1 Å². The van der Waals surface area contributed by atoms with E-state index in [4.69, 9.17) is 0 Å². The Balaban J connectivity index is -0.00000000167. The Bertz CT molecular complexity index is 6.85. The Morgan fingerprint density at radius 3 is 0.800 bits per heavy atom. The maximum atomic E-state index is 4.20. The van der Waals surface area contributed by atoms with Crippen molar-refractivity contribution in [3.8, 4) is 0 Å². The molecular weight excluding hydrogens is 147 g/mol. The van der Waals surface area contributed by atoms with E-state index < -0.39 is 0 Å². The maximum absolute atomic E-state index is 4.20. The molecule has 0 fully saturated rings. The zero-order valence-corrected chi connectivity index (χ0v) is 3.88. The van der Waals surface area contributed by atoms with E-state index in [9.17, 15) is 0 Å². The van der Waals surface area contributed by atoms with Crippen molar-refractivity contribution in [2.45, 2.75) is 0 Å². The molecule has 0 heterocycles.